The van der Waals surface area contributed by atoms with Crippen LogP contribution in [0.1, 0.15) is 22.9 Å². The van der Waals surface area contributed by atoms with Crippen molar-refractivity contribution in [2.75, 3.05) is 13.2 Å². The molecule has 4 N–H and O–H groups in total. The second-order valence-electron chi connectivity index (χ2n) is 8.32. The van der Waals surface area contributed by atoms with Crippen molar-refractivity contribution in [2.24, 2.45) is 5.73 Å². The molecule has 0 spiro atoms. The van der Waals surface area contributed by atoms with Gasteiger partial charge in [0.05, 0.1) is 6.04 Å². The third kappa shape index (κ3) is 4.81. The van der Waals surface area contributed by atoms with Gasteiger partial charge in [-0.3, -0.25) is 4.79 Å². The van der Waals surface area contributed by atoms with E-state index in [1.165, 1.54) is 24.3 Å². The molecular weight excluding hydrogens is 473 g/mol. The van der Waals surface area contributed by atoms with Crippen molar-refractivity contribution in [1.82, 2.24) is 9.88 Å². The van der Waals surface area contributed by atoms with Gasteiger partial charge in [-0.15, -0.1) is 0 Å². The van der Waals surface area contributed by atoms with Crippen LogP contribution < -0.4 is 15.2 Å². The highest BCUT2D eigenvalue weighted by molar-refractivity contribution is 6.31. The van der Waals surface area contributed by atoms with E-state index in [4.69, 9.17) is 26.8 Å². The number of nitrogens with two attached hydrogens (primary N) is 1. The van der Waals surface area contributed by atoms with Gasteiger partial charge in [0.2, 0.25) is 0 Å². The van der Waals surface area contributed by atoms with Crippen LogP contribution >= 0.6 is 11.6 Å². The first kappa shape index (κ1) is 23.2. The number of hydrogen-bond acceptors (Lipinski definition) is 5. The number of aliphatic hydroxyl groups is 1. The number of carbonyl (C=O) groups is 1. The predicted octanol–water partition coefficient (Wildman–Crippen LogP) is 4.13. The molecule has 1 amide bonds. The third-order valence-electron chi connectivity index (χ3n) is 6.04. The summed E-state index contributed by atoms with van der Waals surface area (Å²) in [6.07, 6.45) is -0.630. The third-order valence-corrected chi connectivity index (χ3v) is 6.28. The zero-order chi connectivity index (χ0) is 24.5. The van der Waals surface area contributed by atoms with Crippen LogP contribution in [0.3, 0.4) is 0 Å². The Balaban J connectivity index is 1.52. The molecule has 2 atom stereocenters. The summed E-state index contributed by atoms with van der Waals surface area (Å²) < 4.78 is 24.5. The molecule has 5 rings (SSSR count). The average molecular weight is 496 g/mol. The van der Waals surface area contributed by atoms with E-state index in [1.54, 1.807) is 12.1 Å². The first-order valence-electron chi connectivity index (χ1n) is 11.1. The molecule has 35 heavy (non-hydrogen) atoms. The number of carbonyl (C=O) groups excluding carboxylic acids is 1. The van der Waals surface area contributed by atoms with Gasteiger partial charge in [0.15, 0.2) is 6.61 Å². The van der Waals surface area contributed by atoms with E-state index in [-0.39, 0.29) is 18.5 Å². The Labute approximate surface area is 205 Å². The van der Waals surface area contributed by atoms with Crippen LogP contribution in [0.2, 0.25) is 5.02 Å². The summed E-state index contributed by atoms with van der Waals surface area (Å²) in [7, 11) is 0. The van der Waals surface area contributed by atoms with Gasteiger partial charge in [-0.05, 0) is 72.1 Å². The Morgan fingerprint density at radius 1 is 1.14 bits per heavy atom. The molecule has 4 aromatic rings. The highest BCUT2D eigenvalue weighted by Crippen LogP contribution is 2.40. The number of nitrogens with zero attached hydrogens (tertiary/aromatic N) is 1. The first-order chi connectivity index (χ1) is 16.9. The Morgan fingerprint density at radius 3 is 2.57 bits per heavy atom. The van der Waals surface area contributed by atoms with Crippen molar-refractivity contribution >= 4 is 28.4 Å². The number of rotatable bonds is 7. The van der Waals surface area contributed by atoms with Gasteiger partial charge in [-0.25, -0.2) is 9.29 Å². The maximum absolute atomic E-state index is 13.3. The van der Waals surface area contributed by atoms with Crippen molar-refractivity contribution < 1.29 is 23.8 Å². The van der Waals surface area contributed by atoms with Gasteiger partial charge < -0.3 is 25.3 Å². The van der Waals surface area contributed by atoms with E-state index < -0.39 is 12.3 Å². The number of amides is 1. The zero-order valence-corrected chi connectivity index (χ0v) is 19.3. The van der Waals surface area contributed by atoms with Crippen LogP contribution in [-0.4, -0.2) is 40.5 Å². The predicted molar refractivity (Wildman–Crippen MR) is 130 cm³/mol. The van der Waals surface area contributed by atoms with E-state index in [0.29, 0.717) is 29.5 Å². The molecule has 0 aliphatic carbocycles. The van der Waals surface area contributed by atoms with E-state index in [2.05, 4.69) is 4.98 Å². The molecule has 0 bridgehead atoms. The highest BCUT2D eigenvalue weighted by Gasteiger charge is 2.36. The normalized spacial score (nSPS) is 16.6. The molecule has 0 saturated carbocycles. The summed E-state index contributed by atoms with van der Waals surface area (Å²) in [5, 5.41) is 12.8. The van der Waals surface area contributed by atoms with Crippen LogP contribution in [0.5, 0.6) is 11.5 Å². The SMILES string of the molecule is NC(=O)COc1ccc(C2c3[nH]c4ccc(Cl)cc4c3CCN2C(O)Oc2ccc(F)cc2)cc1. The number of hydrogen-bond donors (Lipinski definition) is 3. The second-order valence-corrected chi connectivity index (χ2v) is 8.76. The lowest BCUT2D eigenvalue weighted by Gasteiger charge is -2.38. The standard InChI is InChI=1S/C26H23ClFN3O4/c27-16-3-10-22-21(13-16)20-11-12-31(26(33)35-19-8-4-17(28)5-9-19)25(24(20)30-22)15-1-6-18(7-2-15)34-14-23(29)32/h1-10,13,25-26,30,33H,11-12,14H2,(H2,29,32). The molecule has 1 aliphatic heterocycles. The van der Waals surface area contributed by atoms with Crippen LogP contribution in [0.15, 0.2) is 66.7 Å². The first-order valence-corrected chi connectivity index (χ1v) is 11.4. The summed E-state index contributed by atoms with van der Waals surface area (Å²) in [4.78, 5) is 16.3. The van der Waals surface area contributed by atoms with Gasteiger partial charge in [-0.2, -0.15) is 0 Å². The number of H-pyrrole nitrogens is 1. The smallest absolute Gasteiger partial charge is 0.260 e. The summed E-state index contributed by atoms with van der Waals surface area (Å²) >= 11 is 6.26. The van der Waals surface area contributed by atoms with Crippen molar-refractivity contribution in [1.29, 1.82) is 0 Å². The van der Waals surface area contributed by atoms with E-state index in [9.17, 15) is 14.3 Å². The van der Waals surface area contributed by atoms with Gasteiger partial charge in [-0.1, -0.05) is 23.7 Å². The Hall–Kier alpha value is -3.59. The molecule has 2 unspecified atom stereocenters. The topological polar surface area (TPSA) is 101 Å². The van der Waals surface area contributed by atoms with Gasteiger partial charge in [0, 0.05) is 28.2 Å². The molecule has 3 aromatic carbocycles. The molecule has 0 fully saturated rings. The lowest BCUT2D eigenvalue weighted by molar-refractivity contribution is -0.150. The van der Waals surface area contributed by atoms with E-state index >= 15 is 0 Å². The van der Waals surface area contributed by atoms with Crippen molar-refractivity contribution in [3.8, 4) is 11.5 Å². The fourth-order valence-corrected chi connectivity index (χ4v) is 4.65. The minimum atomic E-state index is -1.29. The maximum Gasteiger partial charge on any atom is 0.260 e. The average Bonchev–Trinajstić information content (AvgIpc) is 3.21. The van der Waals surface area contributed by atoms with Gasteiger partial charge in [0.25, 0.3) is 12.3 Å². The van der Waals surface area contributed by atoms with Crippen LogP contribution in [0.25, 0.3) is 10.9 Å². The largest absolute Gasteiger partial charge is 0.484 e. The number of nitrogens with one attached hydrogen (secondary N) is 1. The van der Waals surface area contributed by atoms with E-state index in [1.807, 2.05) is 35.2 Å². The number of fused-ring (bicyclic) bond motifs is 3. The van der Waals surface area contributed by atoms with Crippen LogP contribution in [0, 0.1) is 5.82 Å². The quantitative estimate of drug-likeness (QED) is 0.335. The fraction of sp³-hybridized carbons (Fsp3) is 0.192. The molecule has 1 aliphatic rings. The minimum Gasteiger partial charge on any atom is -0.484 e. The van der Waals surface area contributed by atoms with Crippen molar-refractivity contribution in [3.63, 3.8) is 0 Å². The number of ether oxygens (including phenoxy) is 2. The summed E-state index contributed by atoms with van der Waals surface area (Å²) in [5.41, 5.74) is 9.02. The number of aromatic amines is 1. The zero-order valence-electron chi connectivity index (χ0n) is 18.6. The van der Waals surface area contributed by atoms with Crippen LogP contribution in [-0.2, 0) is 11.2 Å². The Kier molecular flexibility index (Phi) is 6.34. The number of benzene rings is 3. The Morgan fingerprint density at radius 2 is 1.86 bits per heavy atom. The minimum absolute atomic E-state index is 0.216. The molecule has 0 radical (unpaired) electrons. The molecule has 2 heterocycles. The summed E-state index contributed by atoms with van der Waals surface area (Å²) in [6, 6.07) is 18.0. The second kappa shape index (κ2) is 9.58. The van der Waals surface area contributed by atoms with Crippen molar-refractivity contribution in [3.05, 3.63) is 94.4 Å². The molecule has 1 aromatic heterocycles. The molecule has 7 nitrogen and oxygen atoms in total. The molecule has 0 saturated heterocycles. The molecule has 9 heteroatoms. The van der Waals surface area contributed by atoms with Crippen LogP contribution in [0.4, 0.5) is 4.39 Å². The Bertz CT molecular complexity index is 1360. The lowest BCUT2D eigenvalue weighted by atomic mass is 9.92. The number of aliphatic hydroxyl groups excluding tert-OH is 1. The molecule has 180 valence electrons. The molecular formula is C26H23ClFN3O4. The highest BCUT2D eigenvalue weighted by atomic mass is 35.5. The number of primary amides is 1. The summed E-state index contributed by atoms with van der Waals surface area (Å²) in [5.74, 6) is -0.0959. The van der Waals surface area contributed by atoms with Gasteiger partial charge in [0.1, 0.15) is 17.3 Å². The maximum atomic E-state index is 13.3. The monoisotopic (exact) mass is 495 g/mol. The fourth-order valence-electron chi connectivity index (χ4n) is 4.48. The number of aromatic nitrogens is 1. The van der Waals surface area contributed by atoms with E-state index in [0.717, 1.165) is 27.7 Å². The van der Waals surface area contributed by atoms with Gasteiger partial charge >= 0.3 is 0 Å². The lowest BCUT2D eigenvalue weighted by Crippen LogP contribution is -2.46. The number of halogens is 2. The summed E-state index contributed by atoms with van der Waals surface area (Å²) in [6.45, 7) is 0.283. The van der Waals surface area contributed by atoms with Crippen molar-refractivity contribution in [2.45, 2.75) is 18.9 Å².